The van der Waals surface area contributed by atoms with Gasteiger partial charge in [-0.1, -0.05) is 43.6 Å². The molecule has 4 spiro atoms. The fourth-order valence-electron chi connectivity index (χ4n) is 7.70. The van der Waals surface area contributed by atoms with Gasteiger partial charge in [0.2, 0.25) is 0 Å². The zero-order valence-corrected chi connectivity index (χ0v) is 33.9. The summed E-state index contributed by atoms with van der Waals surface area (Å²) in [7, 11) is 3.46. The van der Waals surface area contributed by atoms with Crippen LogP contribution in [0.2, 0.25) is 0 Å². The maximum absolute atomic E-state index is 13.2. The Labute approximate surface area is 324 Å². The van der Waals surface area contributed by atoms with E-state index in [0.717, 1.165) is 69.9 Å². The molecule has 49 heavy (non-hydrogen) atoms. The van der Waals surface area contributed by atoms with E-state index in [1.807, 2.05) is 42.7 Å². The molecule has 4 atom stereocenters. The Kier molecular flexibility index (Phi) is 11.1. The molecule has 2 saturated heterocycles. The quantitative estimate of drug-likeness (QED) is 0.315. The lowest BCUT2D eigenvalue weighted by Gasteiger charge is -2.46. The van der Waals surface area contributed by atoms with Crippen LogP contribution in [0, 0.1) is 0 Å². The van der Waals surface area contributed by atoms with Crippen LogP contribution >= 0.6 is 67.6 Å². The number of carbonyl (C=O) groups is 2. The molecular weight excluding hydrogens is 895 g/mol. The topological polar surface area (TPSA) is 163 Å². The predicted octanol–water partition coefficient (Wildman–Crippen LogP) is 5.71. The highest BCUT2D eigenvalue weighted by atomic mass is 127. The Morgan fingerprint density at radius 1 is 0.796 bits per heavy atom. The van der Waals surface area contributed by atoms with Gasteiger partial charge in [0.15, 0.2) is 22.2 Å². The molecule has 2 aromatic carbocycles. The van der Waals surface area contributed by atoms with Crippen LogP contribution < -0.4 is 21.4 Å². The van der Waals surface area contributed by atoms with E-state index in [2.05, 4.69) is 36.9 Å². The lowest BCUT2D eigenvalue weighted by atomic mass is 9.74. The number of hydrogen-bond acceptors (Lipinski definition) is 11. The Bertz CT molecular complexity index is 1700. The summed E-state index contributed by atoms with van der Waals surface area (Å²) in [5.41, 5.74) is 4.63. The summed E-state index contributed by atoms with van der Waals surface area (Å²) in [6, 6.07) is 11.5. The molecule has 0 aromatic heterocycles. The molecule has 0 saturated carbocycles. The van der Waals surface area contributed by atoms with E-state index in [1.165, 1.54) is 16.7 Å². The zero-order chi connectivity index (χ0) is 33.2. The Balaban J connectivity index is 0.000000184. The van der Waals surface area contributed by atoms with Gasteiger partial charge in [0, 0.05) is 60.2 Å². The van der Waals surface area contributed by atoms with Crippen LogP contribution in [-0.2, 0) is 30.1 Å². The molecule has 2 aromatic rings. The van der Waals surface area contributed by atoms with E-state index in [1.54, 1.807) is 19.0 Å². The molecule has 0 aliphatic carbocycles. The fourth-order valence-corrected chi connectivity index (χ4v) is 9.02. The molecule has 2 fully saturated rings. The van der Waals surface area contributed by atoms with Crippen molar-refractivity contribution in [3.8, 4) is 11.5 Å². The zero-order valence-electron chi connectivity index (χ0n) is 27.6. The molecule has 16 heteroatoms. The van der Waals surface area contributed by atoms with E-state index < -0.39 is 22.3 Å². The number of rotatable bonds is 0. The van der Waals surface area contributed by atoms with Crippen LogP contribution in [0.25, 0.3) is 0 Å². The predicted molar refractivity (Wildman–Crippen MR) is 206 cm³/mol. The number of ether oxygens (including phenoxy) is 4. The van der Waals surface area contributed by atoms with Gasteiger partial charge < -0.3 is 30.8 Å². The minimum Gasteiger partial charge on any atom is -0.484 e. The summed E-state index contributed by atoms with van der Waals surface area (Å²) < 4.78 is 25.8. The summed E-state index contributed by atoms with van der Waals surface area (Å²) >= 11 is 8.49. The largest absolute Gasteiger partial charge is 0.484 e. The van der Waals surface area contributed by atoms with Crippen molar-refractivity contribution < 1.29 is 28.5 Å². The minimum atomic E-state index is -1.02. The number of nitrogens with two attached hydrogens (primary N) is 1. The number of aliphatic imine (C=N–C) groups is 2. The monoisotopic (exact) mass is 934 g/mol. The lowest BCUT2D eigenvalue weighted by Crippen LogP contribution is -2.55. The van der Waals surface area contributed by atoms with Gasteiger partial charge in [-0.05, 0) is 68.3 Å². The van der Waals surface area contributed by atoms with E-state index in [4.69, 9.17) is 29.7 Å². The van der Waals surface area contributed by atoms with E-state index in [9.17, 15) is 9.59 Å². The number of carbonyl (C=O) groups excluding carboxylic acids is 2. The number of hydrogen-bond donors (Lipinski definition) is 2. The second kappa shape index (κ2) is 14.2. The maximum atomic E-state index is 13.2. The Morgan fingerprint density at radius 3 is 1.65 bits per heavy atom. The molecule has 12 nitrogen and oxygen atoms in total. The normalized spacial score (nSPS) is 31.1. The first-order chi connectivity index (χ1) is 22.5. The molecule has 6 aliphatic rings. The average Bonchev–Trinajstić information content (AvgIpc) is 3.42. The summed E-state index contributed by atoms with van der Waals surface area (Å²) in [6.07, 6.45) is 6.49. The molecule has 4 unspecified atom stereocenters. The number of fused-ring (bicyclic) bond motifs is 4. The number of benzene rings is 2. The first kappa shape index (κ1) is 38.3. The number of amidine groups is 1. The highest BCUT2D eigenvalue weighted by Crippen LogP contribution is 2.53. The van der Waals surface area contributed by atoms with Crippen molar-refractivity contribution in [1.82, 2.24) is 16.0 Å². The smallest absolute Gasteiger partial charge is 0.261 e. The van der Waals surface area contributed by atoms with Gasteiger partial charge in [-0.2, -0.15) is 0 Å². The number of nitrogens with zero attached hydrogens (tertiary/aromatic N) is 4. The summed E-state index contributed by atoms with van der Waals surface area (Å²) in [5, 5.41) is 0.750. The molecule has 5 N–H and O–H groups in total. The number of halogens is 3. The minimum absolute atomic E-state index is 0. The van der Waals surface area contributed by atoms with Gasteiger partial charge in [-0.15, -0.1) is 24.0 Å². The standard InChI is InChI=1S/C17H19BrN2O3S.C16H18BrN3O3.HI.H3N/c1-20-14(21)17(19-15(20)24-2)9-16(6-3-7-22-10-16)23-13-5-4-11(18)8-12(13)17;1-20-13(21)16(19-14(20)18)8-15(5-2-6-22-9-15)23-12-4-3-10(17)7-11(12)16;;/h4-5,8H,3,6-7,9-10H2,1-2H3;3-4,7H,2,5-6,8-9H2,1H3,(H2,18,19);1H;1H3. The van der Waals surface area contributed by atoms with Gasteiger partial charge >= 0.3 is 0 Å². The van der Waals surface area contributed by atoms with Gasteiger partial charge in [-0.25, -0.2) is 9.98 Å². The molecule has 8 rings (SSSR count). The number of amides is 2. The first-order valence-corrected chi connectivity index (χ1v) is 18.5. The number of thioether (sulfide) groups is 1. The van der Waals surface area contributed by atoms with E-state index in [-0.39, 0.29) is 47.9 Å². The van der Waals surface area contributed by atoms with Crippen molar-refractivity contribution in [2.24, 2.45) is 15.7 Å². The van der Waals surface area contributed by atoms with Crippen LogP contribution in [0.1, 0.15) is 49.7 Å². The SMILES string of the molecule is CN1C(=O)C2(CC3(CCCOC3)Oc3ccc(Br)cc32)N=C1N.CSC1=NC2(CC3(CCCOC3)Oc3ccc(Br)cc32)C(=O)N1C.I.N. The van der Waals surface area contributed by atoms with Crippen LogP contribution in [0.4, 0.5) is 0 Å². The molecule has 0 radical (unpaired) electrons. The average molecular weight is 937 g/mol. The van der Waals surface area contributed by atoms with Crippen molar-refractivity contribution in [1.29, 1.82) is 0 Å². The fraction of sp³-hybridized carbons (Fsp3) is 0.515. The van der Waals surface area contributed by atoms with Gasteiger partial charge in [0.25, 0.3) is 11.8 Å². The second-order valence-electron chi connectivity index (χ2n) is 13.0. The van der Waals surface area contributed by atoms with E-state index >= 15 is 0 Å². The van der Waals surface area contributed by atoms with Crippen molar-refractivity contribution in [2.45, 2.75) is 60.8 Å². The highest BCUT2D eigenvalue weighted by Gasteiger charge is 2.60. The summed E-state index contributed by atoms with van der Waals surface area (Å²) in [5.74, 6) is 1.57. The van der Waals surface area contributed by atoms with Crippen molar-refractivity contribution in [3.63, 3.8) is 0 Å². The van der Waals surface area contributed by atoms with E-state index in [0.29, 0.717) is 31.8 Å². The van der Waals surface area contributed by atoms with Crippen molar-refractivity contribution in [2.75, 3.05) is 46.8 Å². The third-order valence-electron chi connectivity index (χ3n) is 9.88. The molecule has 2 amide bonds. The van der Waals surface area contributed by atoms with Crippen LogP contribution in [0.5, 0.6) is 11.5 Å². The van der Waals surface area contributed by atoms with Gasteiger partial charge in [-0.3, -0.25) is 19.4 Å². The second-order valence-corrected chi connectivity index (χ2v) is 15.6. The Morgan fingerprint density at radius 2 is 1.27 bits per heavy atom. The lowest BCUT2D eigenvalue weighted by molar-refractivity contribution is -0.139. The van der Waals surface area contributed by atoms with Gasteiger partial charge in [0.05, 0.1) is 13.2 Å². The van der Waals surface area contributed by atoms with Crippen LogP contribution in [-0.4, -0.2) is 90.7 Å². The van der Waals surface area contributed by atoms with Crippen molar-refractivity contribution >= 4 is 90.5 Å². The van der Waals surface area contributed by atoms with Crippen molar-refractivity contribution in [3.05, 3.63) is 56.5 Å². The number of guanidine groups is 1. The molecule has 0 bridgehead atoms. The third-order valence-corrected chi connectivity index (χ3v) is 11.6. The molecule has 6 aliphatic heterocycles. The molecular formula is C33H41Br2IN6O6S. The number of likely N-dealkylation sites (N-methyl/N-ethyl adjacent to an activating group) is 2. The highest BCUT2D eigenvalue weighted by molar-refractivity contribution is 14.0. The Hall–Kier alpha value is -1.96. The van der Waals surface area contributed by atoms with Crippen LogP contribution in [0.15, 0.2) is 55.3 Å². The third kappa shape index (κ3) is 6.41. The summed E-state index contributed by atoms with van der Waals surface area (Å²) in [6.45, 7) is 2.45. The summed E-state index contributed by atoms with van der Waals surface area (Å²) in [4.78, 5) is 38.8. The molecule has 266 valence electrons. The van der Waals surface area contributed by atoms with Crippen LogP contribution in [0.3, 0.4) is 0 Å². The molecule has 6 heterocycles. The first-order valence-electron chi connectivity index (χ1n) is 15.6. The van der Waals surface area contributed by atoms with Gasteiger partial charge in [0.1, 0.15) is 22.7 Å². The maximum Gasteiger partial charge on any atom is 0.261 e.